The Morgan fingerprint density at radius 3 is 2.44 bits per heavy atom. The quantitative estimate of drug-likeness (QED) is 0.297. The highest BCUT2D eigenvalue weighted by Gasteiger charge is 2.42. The van der Waals surface area contributed by atoms with Gasteiger partial charge in [0.15, 0.2) is 0 Å². The first-order valence-electron chi connectivity index (χ1n) is 11.0. The van der Waals surface area contributed by atoms with Crippen LogP contribution >= 0.6 is 24.0 Å². The number of hydrogen-bond donors (Lipinski definition) is 0. The monoisotopic (exact) mass is 553 g/mol. The maximum Gasteiger partial charge on any atom is 0.416 e. The van der Waals surface area contributed by atoms with Crippen LogP contribution in [0.2, 0.25) is 5.02 Å². The molecule has 1 saturated heterocycles. The predicted octanol–water partition coefficient (Wildman–Crippen LogP) is 7.43. The number of hydrogen-bond acceptors (Lipinski definition) is 4. The number of rotatable bonds is 6. The molecule has 12 heteroatoms. The Balaban J connectivity index is 0.00000361. The molecule has 2 aromatic carbocycles. The first-order chi connectivity index (χ1) is 16.5. The Bertz CT molecular complexity index is 1130. The SMILES string of the molecule is Cl.FC(F)(F)c1cccc(C2CCCN(CC(Cc3nc(-c4ccc(Cl)cc4)no3)C(F)(F)F)C2)c1. The second-order valence-electron chi connectivity index (χ2n) is 8.68. The average molecular weight is 554 g/mol. The molecule has 196 valence electrons. The molecule has 0 aliphatic carbocycles. The van der Waals surface area contributed by atoms with E-state index in [1.165, 1.54) is 6.07 Å². The van der Waals surface area contributed by atoms with Gasteiger partial charge in [-0.25, -0.2) is 0 Å². The summed E-state index contributed by atoms with van der Waals surface area (Å²) in [6.07, 6.45) is -8.27. The predicted molar refractivity (Wildman–Crippen MR) is 125 cm³/mol. The van der Waals surface area contributed by atoms with Gasteiger partial charge in [0.05, 0.1) is 11.5 Å². The number of benzene rings is 2. The van der Waals surface area contributed by atoms with E-state index in [0.29, 0.717) is 35.5 Å². The summed E-state index contributed by atoms with van der Waals surface area (Å²) in [4.78, 5) is 5.76. The fourth-order valence-electron chi connectivity index (χ4n) is 4.32. The molecule has 4 rings (SSSR count). The molecule has 0 saturated carbocycles. The number of halogens is 8. The summed E-state index contributed by atoms with van der Waals surface area (Å²) in [6.45, 7) is 0.368. The van der Waals surface area contributed by atoms with E-state index in [0.717, 1.165) is 12.1 Å². The lowest BCUT2D eigenvalue weighted by molar-refractivity contribution is -0.180. The lowest BCUT2D eigenvalue weighted by Crippen LogP contribution is -2.42. The Morgan fingerprint density at radius 2 is 1.78 bits per heavy atom. The minimum atomic E-state index is -4.52. The van der Waals surface area contributed by atoms with Crippen LogP contribution in [0.4, 0.5) is 26.3 Å². The Kier molecular flexibility index (Phi) is 8.95. The van der Waals surface area contributed by atoms with Crippen molar-refractivity contribution in [3.8, 4) is 11.4 Å². The molecule has 1 fully saturated rings. The third-order valence-corrected chi connectivity index (χ3v) is 6.38. The number of alkyl halides is 6. The minimum absolute atomic E-state index is 0. The molecular weight excluding hydrogens is 531 g/mol. The van der Waals surface area contributed by atoms with Crippen LogP contribution in [0.5, 0.6) is 0 Å². The van der Waals surface area contributed by atoms with E-state index < -0.39 is 30.3 Å². The molecule has 1 aromatic heterocycles. The molecule has 1 aliphatic heterocycles. The molecule has 0 spiro atoms. The van der Waals surface area contributed by atoms with Crippen LogP contribution in [-0.4, -0.2) is 40.9 Å². The first kappa shape index (κ1) is 28.3. The van der Waals surface area contributed by atoms with Crippen molar-refractivity contribution >= 4 is 24.0 Å². The van der Waals surface area contributed by atoms with E-state index in [4.69, 9.17) is 16.1 Å². The van der Waals surface area contributed by atoms with E-state index in [2.05, 4.69) is 10.1 Å². The van der Waals surface area contributed by atoms with Crippen LogP contribution in [0, 0.1) is 5.92 Å². The van der Waals surface area contributed by atoms with Gasteiger partial charge in [0.1, 0.15) is 0 Å². The molecule has 3 aromatic rings. The van der Waals surface area contributed by atoms with Crippen LogP contribution in [0.1, 0.15) is 35.8 Å². The van der Waals surface area contributed by atoms with Crippen molar-refractivity contribution in [1.29, 1.82) is 0 Å². The van der Waals surface area contributed by atoms with E-state index >= 15 is 0 Å². The second kappa shape index (κ2) is 11.4. The summed E-state index contributed by atoms with van der Waals surface area (Å²) in [5.74, 6) is -2.01. The number of likely N-dealkylation sites (tertiary alicyclic amines) is 1. The molecule has 2 heterocycles. The van der Waals surface area contributed by atoms with E-state index in [1.807, 2.05) is 0 Å². The smallest absolute Gasteiger partial charge is 0.339 e. The third-order valence-electron chi connectivity index (χ3n) is 6.12. The number of piperidine rings is 1. The Labute approximate surface area is 215 Å². The number of nitrogens with zero attached hydrogens (tertiary/aromatic N) is 3. The fourth-order valence-corrected chi connectivity index (χ4v) is 4.45. The number of aromatic nitrogens is 2. The summed E-state index contributed by atoms with van der Waals surface area (Å²) < 4.78 is 86.0. The van der Waals surface area contributed by atoms with Crippen molar-refractivity contribution < 1.29 is 30.9 Å². The van der Waals surface area contributed by atoms with Gasteiger partial charge in [-0.3, -0.25) is 0 Å². The lowest BCUT2D eigenvalue weighted by atomic mass is 9.89. The van der Waals surface area contributed by atoms with E-state index in [9.17, 15) is 26.3 Å². The van der Waals surface area contributed by atoms with Crippen LogP contribution in [0.25, 0.3) is 11.4 Å². The summed E-state index contributed by atoms with van der Waals surface area (Å²) in [5.41, 5.74) is 0.290. The van der Waals surface area contributed by atoms with Crippen molar-refractivity contribution in [2.24, 2.45) is 5.92 Å². The van der Waals surface area contributed by atoms with Gasteiger partial charge in [0.2, 0.25) is 11.7 Å². The highest BCUT2D eigenvalue weighted by Crippen LogP contribution is 2.35. The third kappa shape index (κ3) is 7.14. The van der Waals surface area contributed by atoms with Crippen LogP contribution in [0.15, 0.2) is 53.1 Å². The Hall–Kier alpha value is -2.30. The summed E-state index contributed by atoms with van der Waals surface area (Å²) in [5, 5.41) is 4.28. The van der Waals surface area contributed by atoms with Crippen LogP contribution in [0.3, 0.4) is 0 Å². The zero-order chi connectivity index (χ0) is 25.2. The maximum absolute atomic E-state index is 13.9. The fraction of sp³-hybridized carbons (Fsp3) is 0.417. The van der Waals surface area contributed by atoms with Gasteiger partial charge in [0, 0.05) is 30.1 Å². The topological polar surface area (TPSA) is 42.2 Å². The molecule has 2 atom stereocenters. The van der Waals surface area contributed by atoms with Crippen LogP contribution < -0.4 is 0 Å². The lowest BCUT2D eigenvalue weighted by Gasteiger charge is -2.35. The van der Waals surface area contributed by atoms with Crippen molar-refractivity contribution in [1.82, 2.24) is 15.0 Å². The molecular formula is C24H23Cl2F6N3O. The van der Waals surface area contributed by atoms with Gasteiger partial charge in [0.25, 0.3) is 0 Å². The summed E-state index contributed by atoms with van der Waals surface area (Å²) in [6, 6.07) is 11.5. The standard InChI is InChI=1S/C24H22ClF6N3O.ClH/c25-20-8-6-15(7-9-20)22-32-21(35-33-22)12-19(24(29,30)31)14-34-10-2-4-17(13-34)16-3-1-5-18(11-16)23(26,27)28;/h1,3,5-9,11,17,19H,2,4,10,12-14H2;1H. The second-order valence-corrected chi connectivity index (χ2v) is 9.12. The van der Waals surface area contributed by atoms with E-state index in [1.54, 1.807) is 35.2 Å². The van der Waals surface area contributed by atoms with Gasteiger partial charge in [-0.05, 0) is 61.2 Å². The minimum Gasteiger partial charge on any atom is -0.339 e. The molecule has 0 radical (unpaired) electrons. The average Bonchev–Trinajstić information content (AvgIpc) is 3.27. The molecule has 2 unspecified atom stereocenters. The zero-order valence-corrected chi connectivity index (χ0v) is 20.4. The molecule has 1 aliphatic rings. The molecule has 4 nitrogen and oxygen atoms in total. The largest absolute Gasteiger partial charge is 0.416 e. The summed E-state index contributed by atoms with van der Waals surface area (Å²) >= 11 is 5.85. The van der Waals surface area contributed by atoms with Crippen molar-refractivity contribution in [2.45, 2.75) is 37.5 Å². The highest BCUT2D eigenvalue weighted by atomic mass is 35.5. The van der Waals surface area contributed by atoms with E-state index in [-0.39, 0.29) is 43.1 Å². The van der Waals surface area contributed by atoms with Gasteiger partial charge < -0.3 is 9.42 Å². The first-order valence-corrected chi connectivity index (χ1v) is 11.4. The molecule has 0 amide bonds. The highest BCUT2D eigenvalue weighted by molar-refractivity contribution is 6.30. The molecule has 0 N–H and O–H groups in total. The van der Waals surface area contributed by atoms with Gasteiger partial charge in [-0.15, -0.1) is 12.4 Å². The van der Waals surface area contributed by atoms with Crippen molar-refractivity contribution in [2.75, 3.05) is 19.6 Å². The van der Waals surface area contributed by atoms with Crippen molar-refractivity contribution in [3.63, 3.8) is 0 Å². The van der Waals surface area contributed by atoms with Crippen molar-refractivity contribution in [3.05, 3.63) is 70.6 Å². The van der Waals surface area contributed by atoms with Gasteiger partial charge in [-0.2, -0.15) is 31.3 Å². The molecule has 36 heavy (non-hydrogen) atoms. The maximum atomic E-state index is 13.9. The molecule has 0 bridgehead atoms. The summed E-state index contributed by atoms with van der Waals surface area (Å²) in [7, 11) is 0. The van der Waals surface area contributed by atoms with Crippen LogP contribution in [-0.2, 0) is 12.6 Å². The van der Waals surface area contributed by atoms with Gasteiger partial charge in [-0.1, -0.05) is 35.0 Å². The van der Waals surface area contributed by atoms with Gasteiger partial charge >= 0.3 is 12.4 Å². The normalized spacial score (nSPS) is 18.0. The zero-order valence-electron chi connectivity index (χ0n) is 18.8. The Morgan fingerprint density at radius 1 is 1.06 bits per heavy atom.